The third-order valence-corrected chi connectivity index (χ3v) is 4.38. The first-order valence-electron chi connectivity index (χ1n) is 5.79. The van der Waals surface area contributed by atoms with E-state index < -0.39 is 0 Å². The second-order valence-electron chi connectivity index (χ2n) is 4.25. The number of nitrogens with zero attached hydrogens (tertiary/aromatic N) is 1. The van der Waals surface area contributed by atoms with Gasteiger partial charge in [-0.25, -0.2) is 4.98 Å². The molecule has 0 saturated heterocycles. The molecular formula is C14H11BrCl2N2O. The largest absolute Gasteiger partial charge is 0.305 e. The van der Waals surface area contributed by atoms with Crippen molar-refractivity contribution in [2.24, 2.45) is 0 Å². The van der Waals surface area contributed by atoms with Gasteiger partial charge in [-0.3, -0.25) is 4.79 Å². The molecular weight excluding hydrogens is 363 g/mol. The maximum absolute atomic E-state index is 12.3. The number of anilines is 1. The van der Waals surface area contributed by atoms with Gasteiger partial charge in [-0.05, 0) is 37.6 Å². The van der Waals surface area contributed by atoms with E-state index in [9.17, 15) is 4.79 Å². The van der Waals surface area contributed by atoms with Crippen LogP contribution < -0.4 is 5.32 Å². The molecule has 0 fully saturated rings. The number of hydrogen-bond acceptors (Lipinski definition) is 2. The molecule has 20 heavy (non-hydrogen) atoms. The quantitative estimate of drug-likeness (QED) is 0.802. The number of amides is 1. The van der Waals surface area contributed by atoms with Gasteiger partial charge in [-0.15, -0.1) is 0 Å². The minimum absolute atomic E-state index is 0.264. The van der Waals surface area contributed by atoms with E-state index in [2.05, 4.69) is 26.2 Å². The molecule has 0 aliphatic heterocycles. The van der Waals surface area contributed by atoms with E-state index in [4.69, 9.17) is 23.2 Å². The van der Waals surface area contributed by atoms with Crippen LogP contribution in [0, 0.1) is 13.8 Å². The fourth-order valence-corrected chi connectivity index (χ4v) is 2.45. The van der Waals surface area contributed by atoms with Gasteiger partial charge in [-0.2, -0.15) is 0 Å². The van der Waals surface area contributed by atoms with E-state index >= 15 is 0 Å². The molecule has 0 aliphatic carbocycles. The van der Waals surface area contributed by atoms with Gasteiger partial charge in [0.05, 0.1) is 15.7 Å². The lowest BCUT2D eigenvalue weighted by molar-refractivity contribution is 0.102. The van der Waals surface area contributed by atoms with E-state index in [1.807, 2.05) is 13.0 Å². The van der Waals surface area contributed by atoms with Crippen LogP contribution in [0.25, 0.3) is 0 Å². The van der Waals surface area contributed by atoms with E-state index in [1.165, 1.54) is 0 Å². The summed E-state index contributed by atoms with van der Waals surface area (Å²) < 4.78 is 0.872. The summed E-state index contributed by atoms with van der Waals surface area (Å²) in [5.74, 6) is 0.0397. The van der Waals surface area contributed by atoms with E-state index in [-0.39, 0.29) is 5.91 Å². The van der Waals surface area contributed by atoms with E-state index in [1.54, 1.807) is 25.1 Å². The predicted molar refractivity (Wildman–Crippen MR) is 85.8 cm³/mol. The number of aryl methyl sites for hydroxylation is 1. The van der Waals surface area contributed by atoms with Crippen LogP contribution in [0.5, 0.6) is 0 Å². The first-order valence-corrected chi connectivity index (χ1v) is 7.34. The number of nitrogens with one attached hydrogen (secondary N) is 1. The van der Waals surface area contributed by atoms with Crippen LogP contribution in [0.4, 0.5) is 5.82 Å². The van der Waals surface area contributed by atoms with Gasteiger partial charge in [-0.1, -0.05) is 45.2 Å². The molecule has 0 atom stereocenters. The molecule has 0 unspecified atom stereocenters. The zero-order chi connectivity index (χ0) is 14.9. The Kier molecular flexibility index (Phi) is 4.68. The number of pyridine rings is 1. The summed E-state index contributed by atoms with van der Waals surface area (Å²) in [6.45, 7) is 3.61. The number of rotatable bonds is 2. The number of benzene rings is 1. The smallest absolute Gasteiger partial charge is 0.257 e. The van der Waals surface area contributed by atoms with Gasteiger partial charge in [0.1, 0.15) is 0 Å². The summed E-state index contributed by atoms with van der Waals surface area (Å²) in [7, 11) is 0. The molecule has 3 nitrogen and oxygen atoms in total. The minimum atomic E-state index is -0.264. The van der Waals surface area contributed by atoms with Crippen molar-refractivity contribution in [2.45, 2.75) is 13.8 Å². The molecule has 1 N–H and O–H groups in total. The van der Waals surface area contributed by atoms with E-state index in [0.29, 0.717) is 27.1 Å². The van der Waals surface area contributed by atoms with Crippen molar-refractivity contribution in [3.63, 3.8) is 0 Å². The molecule has 0 saturated carbocycles. The third-order valence-electron chi connectivity index (χ3n) is 2.85. The summed E-state index contributed by atoms with van der Waals surface area (Å²) in [4.78, 5) is 16.5. The minimum Gasteiger partial charge on any atom is -0.305 e. The zero-order valence-corrected chi connectivity index (χ0v) is 13.9. The standard InChI is InChI=1S/C14H11BrCl2N2O/c1-7-9(4-3-5-10(7)15)14(20)19-13-12(17)6-11(16)8(2)18-13/h3-6H,1-2H3,(H,18,19,20). The van der Waals surface area contributed by atoms with Crippen LogP contribution in [0.1, 0.15) is 21.6 Å². The van der Waals surface area contributed by atoms with Gasteiger partial charge >= 0.3 is 0 Å². The third kappa shape index (κ3) is 3.14. The van der Waals surface area contributed by atoms with E-state index in [0.717, 1.165) is 10.0 Å². The second-order valence-corrected chi connectivity index (χ2v) is 5.92. The van der Waals surface area contributed by atoms with Crippen molar-refractivity contribution in [1.29, 1.82) is 0 Å². The highest BCUT2D eigenvalue weighted by atomic mass is 79.9. The van der Waals surface area contributed by atoms with Crippen LogP contribution in [0.15, 0.2) is 28.7 Å². The van der Waals surface area contributed by atoms with Gasteiger partial charge < -0.3 is 5.32 Å². The molecule has 0 spiro atoms. The predicted octanol–water partition coefficient (Wildman–Crippen LogP) is 5.02. The average molecular weight is 374 g/mol. The molecule has 104 valence electrons. The van der Waals surface area contributed by atoms with Gasteiger partial charge in [0, 0.05) is 10.0 Å². The lowest BCUT2D eigenvalue weighted by Gasteiger charge is -2.10. The number of halogens is 3. The molecule has 0 bridgehead atoms. The summed E-state index contributed by atoms with van der Waals surface area (Å²) >= 11 is 15.3. The lowest BCUT2D eigenvalue weighted by atomic mass is 10.1. The Labute approximate surface area is 135 Å². The van der Waals surface area contributed by atoms with Gasteiger partial charge in [0.2, 0.25) is 0 Å². The molecule has 6 heteroatoms. The number of carbonyl (C=O) groups excluding carboxylic acids is 1. The highest BCUT2D eigenvalue weighted by Crippen LogP contribution is 2.27. The van der Waals surface area contributed by atoms with Crippen molar-refractivity contribution in [1.82, 2.24) is 4.98 Å². The highest BCUT2D eigenvalue weighted by Gasteiger charge is 2.14. The van der Waals surface area contributed by atoms with Crippen LogP contribution in [-0.2, 0) is 0 Å². The molecule has 1 heterocycles. The molecule has 1 aromatic heterocycles. The highest BCUT2D eigenvalue weighted by molar-refractivity contribution is 9.10. The summed E-state index contributed by atoms with van der Waals surface area (Å²) in [5.41, 5.74) is 2.02. The lowest BCUT2D eigenvalue weighted by Crippen LogP contribution is -2.15. The van der Waals surface area contributed by atoms with Crippen LogP contribution in [0.2, 0.25) is 10.0 Å². The van der Waals surface area contributed by atoms with Crippen LogP contribution >= 0.6 is 39.1 Å². The number of aromatic nitrogens is 1. The van der Waals surface area contributed by atoms with Crippen molar-refractivity contribution in [3.8, 4) is 0 Å². The Morgan fingerprint density at radius 2 is 1.95 bits per heavy atom. The van der Waals surface area contributed by atoms with Crippen molar-refractivity contribution in [3.05, 3.63) is 55.6 Å². The molecule has 2 aromatic rings. The summed E-state index contributed by atoms with van der Waals surface area (Å²) in [6.07, 6.45) is 0. The molecule has 1 aromatic carbocycles. The van der Waals surface area contributed by atoms with Crippen molar-refractivity contribution < 1.29 is 4.79 Å². The number of carbonyl (C=O) groups is 1. The fourth-order valence-electron chi connectivity index (χ4n) is 1.67. The first kappa shape index (κ1) is 15.3. The number of hydrogen-bond donors (Lipinski definition) is 1. The molecule has 0 aliphatic rings. The van der Waals surface area contributed by atoms with Crippen LogP contribution in [0.3, 0.4) is 0 Å². The molecule has 2 rings (SSSR count). The molecule has 1 amide bonds. The summed E-state index contributed by atoms with van der Waals surface area (Å²) in [6, 6.07) is 6.98. The SMILES string of the molecule is Cc1nc(NC(=O)c2cccc(Br)c2C)c(Cl)cc1Cl. The Balaban J connectivity index is 2.33. The maximum Gasteiger partial charge on any atom is 0.257 e. The molecule has 0 radical (unpaired) electrons. The summed E-state index contributed by atoms with van der Waals surface area (Å²) in [5, 5.41) is 3.47. The Morgan fingerprint density at radius 1 is 1.25 bits per heavy atom. The maximum atomic E-state index is 12.3. The fraction of sp³-hybridized carbons (Fsp3) is 0.143. The Hall–Kier alpha value is -1.10. The van der Waals surface area contributed by atoms with Gasteiger partial charge in [0.15, 0.2) is 5.82 Å². The van der Waals surface area contributed by atoms with Gasteiger partial charge in [0.25, 0.3) is 5.91 Å². The normalized spacial score (nSPS) is 10.4. The Morgan fingerprint density at radius 3 is 2.65 bits per heavy atom. The topological polar surface area (TPSA) is 42.0 Å². The zero-order valence-electron chi connectivity index (χ0n) is 10.8. The average Bonchev–Trinajstić information content (AvgIpc) is 2.39. The Bertz CT molecular complexity index is 689. The first-order chi connectivity index (χ1) is 9.40. The van der Waals surface area contributed by atoms with Crippen molar-refractivity contribution in [2.75, 3.05) is 5.32 Å². The second kappa shape index (κ2) is 6.12. The monoisotopic (exact) mass is 372 g/mol. The van der Waals surface area contributed by atoms with Crippen LogP contribution in [-0.4, -0.2) is 10.9 Å². The van der Waals surface area contributed by atoms with Crippen molar-refractivity contribution >= 4 is 50.9 Å².